The molecule has 1 aliphatic heterocycles. The molecule has 1 aliphatic rings. The number of fused-ring (bicyclic) bond motifs is 1. The molecule has 166 valence electrons. The highest BCUT2D eigenvalue weighted by atomic mass is 16.5. The summed E-state index contributed by atoms with van der Waals surface area (Å²) in [6.07, 6.45) is 3.08. The van der Waals surface area contributed by atoms with Crippen molar-refractivity contribution in [3.05, 3.63) is 65.9 Å². The number of urea groups is 1. The average molecular weight is 434 g/mol. The number of ether oxygens (including phenoxy) is 1. The zero-order chi connectivity index (χ0) is 22.5. The lowest BCUT2D eigenvalue weighted by atomic mass is 10.1. The zero-order valence-electron chi connectivity index (χ0n) is 17.9. The number of nitrogens with one attached hydrogen (secondary N) is 3. The fourth-order valence-corrected chi connectivity index (χ4v) is 3.97. The highest BCUT2D eigenvalue weighted by molar-refractivity contribution is 6.04. The van der Waals surface area contributed by atoms with Crippen LogP contribution in [0, 0.1) is 0 Å². The first kappa shape index (κ1) is 21.4. The molecule has 2 aromatic carbocycles. The van der Waals surface area contributed by atoms with Gasteiger partial charge in [-0.15, -0.1) is 0 Å². The topological polar surface area (TPSA) is 104 Å². The molecule has 0 aliphatic carbocycles. The first-order chi connectivity index (χ1) is 15.6. The molecule has 3 N–H and O–H groups in total. The van der Waals surface area contributed by atoms with Crippen molar-refractivity contribution in [2.24, 2.45) is 0 Å². The largest absolute Gasteiger partial charge is 0.496 e. The standard InChI is InChI=1S/C24H26N4O4/c1-32-21-9-5-2-6-17(21)15-28-23(30)20(27-24(28)31)10-11-22(29)25-13-12-16-14-26-19-8-4-3-7-18(16)19/h2-9,14,20,26H,10-13,15H2,1H3,(H,25,29)(H,27,31)/t20-/m1/s1. The van der Waals surface area contributed by atoms with Crippen LogP contribution in [0.25, 0.3) is 10.9 Å². The molecule has 32 heavy (non-hydrogen) atoms. The molecule has 8 heteroatoms. The van der Waals surface area contributed by atoms with Gasteiger partial charge in [0.1, 0.15) is 11.8 Å². The summed E-state index contributed by atoms with van der Waals surface area (Å²) < 4.78 is 5.30. The fraction of sp³-hybridized carbons (Fsp3) is 0.292. The summed E-state index contributed by atoms with van der Waals surface area (Å²) in [6.45, 7) is 0.633. The van der Waals surface area contributed by atoms with Crippen LogP contribution in [0.2, 0.25) is 0 Å². The summed E-state index contributed by atoms with van der Waals surface area (Å²) in [5.41, 5.74) is 2.96. The molecule has 8 nitrogen and oxygen atoms in total. The molecule has 1 atom stereocenters. The van der Waals surface area contributed by atoms with Gasteiger partial charge < -0.3 is 20.4 Å². The van der Waals surface area contributed by atoms with Crippen molar-refractivity contribution in [2.45, 2.75) is 31.8 Å². The Labute approximate surface area is 185 Å². The Hall–Kier alpha value is -3.81. The van der Waals surface area contributed by atoms with E-state index in [0.717, 1.165) is 26.9 Å². The summed E-state index contributed by atoms with van der Waals surface area (Å²) >= 11 is 0. The van der Waals surface area contributed by atoms with Gasteiger partial charge in [0, 0.05) is 35.6 Å². The Bertz CT molecular complexity index is 1140. The molecule has 3 aromatic rings. The minimum Gasteiger partial charge on any atom is -0.496 e. The van der Waals surface area contributed by atoms with Gasteiger partial charge in [-0.25, -0.2) is 4.79 Å². The van der Waals surface area contributed by atoms with Crippen LogP contribution in [0.4, 0.5) is 4.79 Å². The lowest BCUT2D eigenvalue weighted by Gasteiger charge is -2.15. The summed E-state index contributed by atoms with van der Waals surface area (Å²) in [7, 11) is 1.55. The molecular weight excluding hydrogens is 408 g/mol. The van der Waals surface area contributed by atoms with Crippen molar-refractivity contribution >= 4 is 28.7 Å². The van der Waals surface area contributed by atoms with E-state index in [1.165, 1.54) is 0 Å². The van der Waals surface area contributed by atoms with Gasteiger partial charge in [0.2, 0.25) is 5.91 Å². The van der Waals surface area contributed by atoms with Crippen LogP contribution in [0.5, 0.6) is 5.75 Å². The van der Waals surface area contributed by atoms with Crippen molar-refractivity contribution in [1.82, 2.24) is 20.5 Å². The molecular formula is C24H26N4O4. The van der Waals surface area contributed by atoms with Crippen LogP contribution >= 0.6 is 0 Å². The maximum absolute atomic E-state index is 12.7. The summed E-state index contributed by atoms with van der Waals surface area (Å²) in [6, 6.07) is 14.1. The van der Waals surface area contributed by atoms with E-state index >= 15 is 0 Å². The molecule has 4 rings (SSSR count). The fourth-order valence-electron chi connectivity index (χ4n) is 3.97. The van der Waals surface area contributed by atoms with E-state index < -0.39 is 12.1 Å². The summed E-state index contributed by atoms with van der Waals surface area (Å²) in [4.78, 5) is 41.6. The molecule has 1 fully saturated rings. The van der Waals surface area contributed by atoms with Crippen molar-refractivity contribution in [2.75, 3.05) is 13.7 Å². The van der Waals surface area contributed by atoms with Gasteiger partial charge in [0.05, 0.1) is 13.7 Å². The molecule has 1 aromatic heterocycles. The number of aromatic amines is 1. The number of aromatic nitrogens is 1. The maximum atomic E-state index is 12.7. The third-order valence-corrected chi connectivity index (χ3v) is 5.68. The van der Waals surface area contributed by atoms with E-state index in [0.29, 0.717) is 18.7 Å². The van der Waals surface area contributed by atoms with Crippen LogP contribution in [0.1, 0.15) is 24.0 Å². The Morgan fingerprint density at radius 3 is 2.72 bits per heavy atom. The number of carbonyl (C=O) groups is 3. The number of hydrogen-bond acceptors (Lipinski definition) is 4. The van der Waals surface area contributed by atoms with E-state index in [1.807, 2.05) is 48.7 Å². The third-order valence-electron chi connectivity index (χ3n) is 5.68. The molecule has 4 amide bonds. The number of benzene rings is 2. The second-order valence-electron chi connectivity index (χ2n) is 7.74. The quantitative estimate of drug-likeness (QED) is 0.451. The van der Waals surface area contributed by atoms with Crippen LogP contribution < -0.4 is 15.4 Å². The first-order valence-corrected chi connectivity index (χ1v) is 10.6. The SMILES string of the molecule is COc1ccccc1CN1C(=O)N[C@H](CCC(=O)NCCc2c[nH]c3ccccc23)C1=O. The van der Waals surface area contributed by atoms with Gasteiger partial charge in [-0.3, -0.25) is 14.5 Å². The van der Waals surface area contributed by atoms with Gasteiger partial charge in [0.25, 0.3) is 5.91 Å². The minimum absolute atomic E-state index is 0.127. The minimum atomic E-state index is -0.698. The number of imide groups is 1. The molecule has 0 bridgehead atoms. The molecule has 2 heterocycles. The number of amides is 4. The highest BCUT2D eigenvalue weighted by Gasteiger charge is 2.38. The number of methoxy groups -OCH3 is 1. The monoisotopic (exact) mass is 434 g/mol. The van der Waals surface area contributed by atoms with E-state index in [2.05, 4.69) is 15.6 Å². The molecule has 0 spiro atoms. The van der Waals surface area contributed by atoms with E-state index in [9.17, 15) is 14.4 Å². The van der Waals surface area contributed by atoms with Crippen molar-refractivity contribution in [3.63, 3.8) is 0 Å². The second kappa shape index (κ2) is 9.55. The summed E-state index contributed by atoms with van der Waals surface area (Å²) in [5, 5.41) is 6.72. The molecule has 0 saturated carbocycles. The number of H-pyrrole nitrogens is 1. The van der Waals surface area contributed by atoms with Crippen molar-refractivity contribution in [3.8, 4) is 5.75 Å². The Kier molecular flexibility index (Phi) is 6.39. The Morgan fingerprint density at radius 2 is 1.88 bits per heavy atom. The molecule has 1 saturated heterocycles. The average Bonchev–Trinajstić information content (AvgIpc) is 3.34. The Morgan fingerprint density at radius 1 is 1.09 bits per heavy atom. The van der Waals surface area contributed by atoms with Gasteiger partial charge >= 0.3 is 6.03 Å². The van der Waals surface area contributed by atoms with Gasteiger partial charge in [-0.05, 0) is 30.5 Å². The second-order valence-corrected chi connectivity index (χ2v) is 7.74. The highest BCUT2D eigenvalue weighted by Crippen LogP contribution is 2.22. The number of para-hydroxylation sites is 2. The van der Waals surface area contributed by atoms with Crippen molar-refractivity contribution in [1.29, 1.82) is 0 Å². The van der Waals surface area contributed by atoms with Crippen LogP contribution in [0.15, 0.2) is 54.7 Å². The van der Waals surface area contributed by atoms with Crippen molar-refractivity contribution < 1.29 is 19.1 Å². The predicted octanol–water partition coefficient (Wildman–Crippen LogP) is 2.74. The predicted molar refractivity (Wildman–Crippen MR) is 120 cm³/mol. The van der Waals surface area contributed by atoms with Crippen LogP contribution in [0.3, 0.4) is 0 Å². The normalized spacial score (nSPS) is 15.8. The Balaban J connectivity index is 1.25. The number of carbonyl (C=O) groups excluding carboxylic acids is 3. The zero-order valence-corrected chi connectivity index (χ0v) is 17.9. The third kappa shape index (κ3) is 4.59. The smallest absolute Gasteiger partial charge is 0.325 e. The van der Waals surface area contributed by atoms with Crippen LogP contribution in [-0.4, -0.2) is 47.4 Å². The van der Waals surface area contributed by atoms with Gasteiger partial charge in [-0.2, -0.15) is 0 Å². The van der Waals surface area contributed by atoms with E-state index in [4.69, 9.17) is 4.74 Å². The van der Waals surface area contributed by atoms with Gasteiger partial charge in [-0.1, -0.05) is 36.4 Å². The number of nitrogens with zero attached hydrogens (tertiary/aromatic N) is 1. The molecule has 0 radical (unpaired) electrons. The number of hydrogen-bond donors (Lipinski definition) is 3. The maximum Gasteiger partial charge on any atom is 0.325 e. The molecule has 0 unspecified atom stereocenters. The van der Waals surface area contributed by atoms with Gasteiger partial charge in [0.15, 0.2) is 0 Å². The lowest BCUT2D eigenvalue weighted by Crippen LogP contribution is -2.33. The first-order valence-electron chi connectivity index (χ1n) is 10.6. The van der Waals surface area contributed by atoms with Crippen LogP contribution in [-0.2, 0) is 22.6 Å². The number of rotatable bonds is 9. The van der Waals surface area contributed by atoms with E-state index in [-0.39, 0.29) is 31.2 Å². The summed E-state index contributed by atoms with van der Waals surface area (Å²) in [5.74, 6) is 0.147. The van der Waals surface area contributed by atoms with E-state index in [1.54, 1.807) is 13.2 Å². The lowest BCUT2D eigenvalue weighted by molar-refractivity contribution is -0.128.